The molecule has 0 amide bonds. The van der Waals surface area contributed by atoms with Gasteiger partial charge in [-0.1, -0.05) is 30.3 Å². The topological polar surface area (TPSA) is 56.8 Å². The van der Waals surface area contributed by atoms with Crippen LogP contribution in [0.25, 0.3) is 0 Å². The van der Waals surface area contributed by atoms with Gasteiger partial charge >= 0.3 is 5.97 Å². The number of nitrogens with one attached hydrogen (secondary N) is 1. The quantitative estimate of drug-likeness (QED) is 0.769. The Labute approximate surface area is 154 Å². The number of methoxy groups -OCH3 is 1. The molecule has 26 heavy (non-hydrogen) atoms. The van der Waals surface area contributed by atoms with Crippen molar-refractivity contribution in [3.05, 3.63) is 60.2 Å². The van der Waals surface area contributed by atoms with Crippen LogP contribution in [0.3, 0.4) is 0 Å². The number of esters is 1. The maximum atomic E-state index is 13.3. The van der Waals surface area contributed by atoms with Crippen LogP contribution in [0, 0.1) is 5.92 Å². The van der Waals surface area contributed by atoms with Gasteiger partial charge in [0.25, 0.3) is 0 Å². The van der Waals surface area contributed by atoms with E-state index >= 15 is 0 Å². The lowest BCUT2D eigenvalue weighted by atomic mass is 9.76. The number of hydrogen-bond acceptors (Lipinski definition) is 5. The van der Waals surface area contributed by atoms with Gasteiger partial charge in [0.1, 0.15) is 5.75 Å². The summed E-state index contributed by atoms with van der Waals surface area (Å²) >= 11 is 0. The van der Waals surface area contributed by atoms with E-state index in [0.29, 0.717) is 13.2 Å². The summed E-state index contributed by atoms with van der Waals surface area (Å²) in [7, 11) is 1.63. The first kappa shape index (κ1) is 18.3. The van der Waals surface area contributed by atoms with Gasteiger partial charge in [0.05, 0.1) is 26.4 Å². The summed E-state index contributed by atoms with van der Waals surface area (Å²) in [5, 5.41) is 3.46. The number of carbonyl (C=O) groups is 1. The summed E-state index contributed by atoms with van der Waals surface area (Å²) in [6, 6.07) is 17.2. The third-order valence-electron chi connectivity index (χ3n) is 4.58. The van der Waals surface area contributed by atoms with E-state index in [4.69, 9.17) is 14.2 Å². The lowest BCUT2D eigenvalue weighted by Crippen LogP contribution is -2.57. The minimum absolute atomic E-state index is 0.0155. The second kappa shape index (κ2) is 7.79. The summed E-state index contributed by atoms with van der Waals surface area (Å²) in [6.07, 6.45) is -0.204. The summed E-state index contributed by atoms with van der Waals surface area (Å²) in [4.78, 5) is 13.3. The summed E-state index contributed by atoms with van der Waals surface area (Å²) in [5.74, 6) is 0.457. The minimum atomic E-state index is -1.00. The van der Waals surface area contributed by atoms with Crippen LogP contribution < -0.4 is 10.1 Å². The fraction of sp³-hybridized carbons (Fsp3) is 0.381. The van der Waals surface area contributed by atoms with Gasteiger partial charge in [-0.3, -0.25) is 0 Å². The first-order valence-corrected chi connectivity index (χ1v) is 8.83. The maximum Gasteiger partial charge on any atom is 0.337 e. The molecule has 2 aromatic carbocycles. The summed E-state index contributed by atoms with van der Waals surface area (Å²) in [5.41, 5.74) is 0.690. The molecular weight excluding hydrogens is 330 g/mol. The molecule has 0 radical (unpaired) electrons. The molecule has 0 aliphatic carbocycles. The van der Waals surface area contributed by atoms with Crippen LogP contribution >= 0.6 is 0 Å². The fourth-order valence-corrected chi connectivity index (χ4v) is 3.14. The van der Waals surface area contributed by atoms with E-state index in [1.165, 1.54) is 0 Å². The van der Waals surface area contributed by atoms with Crippen LogP contribution in [0.15, 0.2) is 54.6 Å². The molecule has 138 valence electrons. The Morgan fingerprint density at radius 3 is 2.27 bits per heavy atom. The van der Waals surface area contributed by atoms with E-state index in [9.17, 15) is 4.79 Å². The van der Waals surface area contributed by atoms with Crippen molar-refractivity contribution < 1.29 is 19.0 Å². The number of benzene rings is 2. The Morgan fingerprint density at radius 1 is 1.12 bits per heavy atom. The SMILES string of the molecule is COc1ccc(N[C@](C(=O)OC(C)C)(c2ccccc2)C2COC2)cc1. The Bertz CT molecular complexity index is 725. The third-order valence-corrected chi connectivity index (χ3v) is 4.58. The third kappa shape index (κ3) is 3.53. The molecule has 5 nitrogen and oxygen atoms in total. The van der Waals surface area contributed by atoms with Crippen molar-refractivity contribution in [3.63, 3.8) is 0 Å². The predicted molar refractivity (Wildman–Crippen MR) is 100 cm³/mol. The lowest BCUT2D eigenvalue weighted by molar-refractivity contribution is -0.164. The minimum Gasteiger partial charge on any atom is -0.497 e. The molecule has 1 saturated heterocycles. The molecule has 1 atom stereocenters. The number of anilines is 1. The van der Waals surface area contributed by atoms with E-state index in [1.54, 1.807) is 7.11 Å². The lowest BCUT2D eigenvalue weighted by Gasteiger charge is -2.44. The van der Waals surface area contributed by atoms with Crippen molar-refractivity contribution in [1.29, 1.82) is 0 Å². The maximum absolute atomic E-state index is 13.3. The van der Waals surface area contributed by atoms with Crippen LogP contribution in [0.4, 0.5) is 5.69 Å². The van der Waals surface area contributed by atoms with Crippen molar-refractivity contribution in [2.45, 2.75) is 25.5 Å². The van der Waals surface area contributed by atoms with Gasteiger partial charge in [0.15, 0.2) is 5.54 Å². The summed E-state index contributed by atoms with van der Waals surface area (Å²) in [6.45, 7) is 4.73. The number of carbonyl (C=O) groups excluding carboxylic acids is 1. The highest BCUT2D eigenvalue weighted by Crippen LogP contribution is 2.39. The van der Waals surface area contributed by atoms with Crippen LogP contribution in [0.1, 0.15) is 19.4 Å². The van der Waals surface area contributed by atoms with Gasteiger partial charge in [-0.25, -0.2) is 4.79 Å². The number of ether oxygens (including phenoxy) is 3. The molecule has 1 aliphatic heterocycles. The van der Waals surface area contributed by atoms with Gasteiger partial charge in [-0.05, 0) is 43.7 Å². The van der Waals surface area contributed by atoms with Gasteiger partial charge in [0, 0.05) is 11.6 Å². The molecule has 0 aromatic heterocycles. The van der Waals surface area contributed by atoms with Gasteiger partial charge in [-0.2, -0.15) is 0 Å². The Hall–Kier alpha value is -2.53. The average Bonchev–Trinajstić information content (AvgIpc) is 2.60. The predicted octanol–water partition coefficient (Wildman–Crippen LogP) is 3.60. The zero-order chi connectivity index (χ0) is 18.6. The molecule has 0 unspecified atom stereocenters. The first-order valence-electron chi connectivity index (χ1n) is 8.83. The van der Waals surface area contributed by atoms with Crippen LogP contribution in [0.5, 0.6) is 5.75 Å². The summed E-state index contributed by atoms with van der Waals surface area (Å²) < 4.78 is 16.3. The largest absolute Gasteiger partial charge is 0.497 e. The zero-order valence-corrected chi connectivity index (χ0v) is 15.4. The molecule has 1 aliphatic rings. The van der Waals surface area contributed by atoms with Crippen molar-refractivity contribution >= 4 is 11.7 Å². The van der Waals surface area contributed by atoms with Gasteiger partial charge < -0.3 is 19.5 Å². The normalized spacial score (nSPS) is 16.5. The second-order valence-corrected chi connectivity index (χ2v) is 6.72. The second-order valence-electron chi connectivity index (χ2n) is 6.72. The highest BCUT2D eigenvalue weighted by atomic mass is 16.5. The van der Waals surface area contributed by atoms with E-state index in [2.05, 4.69) is 5.32 Å². The van der Waals surface area contributed by atoms with Crippen molar-refractivity contribution in [2.75, 3.05) is 25.6 Å². The first-order chi connectivity index (χ1) is 12.6. The van der Waals surface area contributed by atoms with Crippen LogP contribution in [-0.2, 0) is 19.8 Å². The van der Waals surface area contributed by atoms with Gasteiger partial charge in [0.2, 0.25) is 0 Å². The molecule has 0 saturated carbocycles. The Balaban J connectivity index is 2.04. The number of hydrogen-bond donors (Lipinski definition) is 1. The van der Waals surface area contributed by atoms with Crippen molar-refractivity contribution in [1.82, 2.24) is 0 Å². The smallest absolute Gasteiger partial charge is 0.337 e. The molecular formula is C21H25NO4. The fourth-order valence-electron chi connectivity index (χ4n) is 3.14. The standard InChI is InChI=1S/C21H25NO4/c1-15(2)26-20(23)21(17-13-25-14-17,16-7-5-4-6-8-16)22-18-9-11-19(24-3)12-10-18/h4-12,15,17,22H,13-14H2,1-3H3/t21-/m1/s1. The molecule has 3 rings (SSSR count). The van der Waals surface area contributed by atoms with Crippen LogP contribution in [0.2, 0.25) is 0 Å². The van der Waals surface area contributed by atoms with Crippen molar-refractivity contribution in [3.8, 4) is 5.75 Å². The van der Waals surface area contributed by atoms with Gasteiger partial charge in [-0.15, -0.1) is 0 Å². The van der Waals surface area contributed by atoms with Crippen LogP contribution in [-0.4, -0.2) is 32.4 Å². The zero-order valence-electron chi connectivity index (χ0n) is 15.4. The molecule has 1 heterocycles. The average molecular weight is 355 g/mol. The number of rotatable bonds is 7. The Morgan fingerprint density at radius 2 is 1.77 bits per heavy atom. The molecule has 1 fully saturated rings. The monoisotopic (exact) mass is 355 g/mol. The molecule has 1 N–H and O–H groups in total. The molecule has 2 aromatic rings. The van der Waals surface area contributed by atoms with E-state index in [-0.39, 0.29) is 18.0 Å². The molecule has 0 bridgehead atoms. The van der Waals surface area contributed by atoms with E-state index in [0.717, 1.165) is 17.0 Å². The van der Waals surface area contributed by atoms with Crippen molar-refractivity contribution in [2.24, 2.45) is 5.92 Å². The van der Waals surface area contributed by atoms with E-state index in [1.807, 2.05) is 68.4 Å². The molecule has 0 spiro atoms. The Kier molecular flexibility index (Phi) is 5.47. The highest BCUT2D eigenvalue weighted by molar-refractivity contribution is 5.87. The highest BCUT2D eigenvalue weighted by Gasteiger charge is 2.52. The van der Waals surface area contributed by atoms with E-state index < -0.39 is 5.54 Å². The molecule has 5 heteroatoms.